The predicted octanol–water partition coefficient (Wildman–Crippen LogP) is 2.78. The molecule has 1 aliphatic carbocycles. The molecule has 1 saturated carbocycles. The van der Waals surface area contributed by atoms with Crippen LogP contribution < -0.4 is 0 Å². The van der Waals surface area contributed by atoms with Crippen LogP contribution in [-0.4, -0.2) is 23.7 Å². The molecule has 0 bridgehead atoms. The fourth-order valence-electron chi connectivity index (χ4n) is 2.30. The van der Waals surface area contributed by atoms with E-state index in [1.165, 1.54) is 6.92 Å². The highest BCUT2D eigenvalue weighted by molar-refractivity contribution is 5.85. The van der Waals surface area contributed by atoms with Gasteiger partial charge in [0.1, 0.15) is 0 Å². The first-order valence-corrected chi connectivity index (χ1v) is 6.52. The van der Waals surface area contributed by atoms with E-state index in [1.807, 2.05) is 6.08 Å². The molecule has 4 nitrogen and oxygen atoms in total. The number of ether oxygens (including phenoxy) is 1. The predicted molar refractivity (Wildman–Crippen MR) is 68.1 cm³/mol. The third-order valence-electron chi connectivity index (χ3n) is 3.58. The fourth-order valence-corrected chi connectivity index (χ4v) is 2.30. The molecule has 0 amide bonds. The van der Waals surface area contributed by atoms with Crippen molar-refractivity contribution >= 4 is 11.9 Å². The number of carbonyl (C=O) groups is 2. The molecular weight excluding hydrogens is 232 g/mol. The van der Waals surface area contributed by atoms with Gasteiger partial charge >= 0.3 is 11.9 Å². The van der Waals surface area contributed by atoms with Gasteiger partial charge in [0.25, 0.3) is 0 Å². The monoisotopic (exact) mass is 254 g/mol. The van der Waals surface area contributed by atoms with E-state index in [2.05, 4.69) is 0 Å². The first kappa shape index (κ1) is 14.7. The molecule has 0 atom stereocenters. The van der Waals surface area contributed by atoms with Crippen LogP contribution in [0.25, 0.3) is 0 Å². The van der Waals surface area contributed by atoms with Gasteiger partial charge in [-0.15, -0.1) is 0 Å². The summed E-state index contributed by atoms with van der Waals surface area (Å²) in [6.07, 6.45) is 6.98. The molecule has 1 aliphatic rings. The molecule has 0 aliphatic heterocycles. The summed E-state index contributed by atoms with van der Waals surface area (Å²) in [4.78, 5) is 21.4. The van der Waals surface area contributed by atoms with E-state index in [1.54, 1.807) is 6.92 Å². The second kappa shape index (κ2) is 7.19. The highest BCUT2D eigenvalue weighted by Crippen LogP contribution is 2.31. The molecule has 102 valence electrons. The summed E-state index contributed by atoms with van der Waals surface area (Å²) in [5, 5.41) is 8.76. The van der Waals surface area contributed by atoms with Gasteiger partial charge in [0, 0.05) is 12.5 Å². The number of carbonyl (C=O) groups excluding carboxylic acids is 1. The first-order valence-electron chi connectivity index (χ1n) is 6.52. The van der Waals surface area contributed by atoms with Gasteiger partial charge in [-0.05, 0) is 50.9 Å². The van der Waals surface area contributed by atoms with Crippen LogP contribution in [0.3, 0.4) is 0 Å². The molecule has 1 N–H and O–H groups in total. The third kappa shape index (κ3) is 5.34. The van der Waals surface area contributed by atoms with Crippen molar-refractivity contribution in [1.29, 1.82) is 0 Å². The van der Waals surface area contributed by atoms with Gasteiger partial charge in [-0.3, -0.25) is 4.79 Å². The minimum Gasteiger partial charge on any atom is -0.478 e. The SMILES string of the molecule is CC(=O)OCC1CCC(CC=C(C)C(=O)O)CC1. The third-order valence-corrected chi connectivity index (χ3v) is 3.58. The second-order valence-electron chi connectivity index (χ2n) is 5.12. The molecule has 1 rings (SSSR count). The minimum absolute atomic E-state index is 0.211. The van der Waals surface area contributed by atoms with E-state index < -0.39 is 5.97 Å². The number of hydrogen-bond donors (Lipinski definition) is 1. The number of rotatable bonds is 5. The molecule has 0 radical (unpaired) electrons. The molecule has 0 unspecified atom stereocenters. The largest absolute Gasteiger partial charge is 0.478 e. The lowest BCUT2D eigenvalue weighted by Crippen LogP contribution is -2.19. The lowest BCUT2D eigenvalue weighted by molar-refractivity contribution is -0.142. The first-order chi connectivity index (χ1) is 8.49. The van der Waals surface area contributed by atoms with E-state index in [0.29, 0.717) is 24.0 Å². The Morgan fingerprint density at radius 1 is 1.17 bits per heavy atom. The maximum Gasteiger partial charge on any atom is 0.330 e. The van der Waals surface area contributed by atoms with Gasteiger partial charge in [0.2, 0.25) is 0 Å². The van der Waals surface area contributed by atoms with Gasteiger partial charge in [0.15, 0.2) is 0 Å². The van der Waals surface area contributed by atoms with Crippen molar-refractivity contribution in [3.05, 3.63) is 11.6 Å². The topological polar surface area (TPSA) is 63.6 Å². The van der Waals surface area contributed by atoms with Crippen molar-refractivity contribution in [3.8, 4) is 0 Å². The Balaban J connectivity index is 2.25. The van der Waals surface area contributed by atoms with Gasteiger partial charge in [0.05, 0.1) is 6.61 Å². The zero-order valence-electron chi connectivity index (χ0n) is 11.1. The van der Waals surface area contributed by atoms with Crippen molar-refractivity contribution in [2.45, 2.75) is 46.0 Å². The molecule has 18 heavy (non-hydrogen) atoms. The lowest BCUT2D eigenvalue weighted by Gasteiger charge is -2.27. The summed E-state index contributed by atoms with van der Waals surface area (Å²) >= 11 is 0. The lowest BCUT2D eigenvalue weighted by atomic mass is 9.80. The number of carboxylic acids is 1. The molecule has 0 aromatic rings. The standard InChI is InChI=1S/C14H22O4/c1-10(14(16)17)3-4-12-5-7-13(8-6-12)9-18-11(2)15/h3,12-13H,4-9H2,1-2H3,(H,16,17). The number of hydrogen-bond acceptors (Lipinski definition) is 3. The summed E-state index contributed by atoms with van der Waals surface area (Å²) in [6.45, 7) is 3.60. The Morgan fingerprint density at radius 2 is 1.72 bits per heavy atom. The summed E-state index contributed by atoms with van der Waals surface area (Å²) in [5.41, 5.74) is 0.428. The van der Waals surface area contributed by atoms with Gasteiger partial charge in [-0.2, -0.15) is 0 Å². The normalized spacial score (nSPS) is 24.7. The van der Waals surface area contributed by atoms with Crippen molar-refractivity contribution < 1.29 is 19.4 Å². The Morgan fingerprint density at radius 3 is 2.22 bits per heavy atom. The Hall–Kier alpha value is -1.32. The zero-order chi connectivity index (χ0) is 13.5. The number of esters is 1. The quantitative estimate of drug-likeness (QED) is 0.605. The van der Waals surface area contributed by atoms with Crippen LogP contribution in [0.5, 0.6) is 0 Å². The van der Waals surface area contributed by atoms with Crippen molar-refractivity contribution in [2.24, 2.45) is 11.8 Å². The molecule has 0 spiro atoms. The Kier molecular flexibility index (Phi) is 5.89. The van der Waals surface area contributed by atoms with Crippen molar-refractivity contribution in [1.82, 2.24) is 0 Å². The molecular formula is C14H22O4. The number of carboxylic acid groups (broad SMARTS) is 1. The summed E-state index contributed by atoms with van der Waals surface area (Å²) in [6, 6.07) is 0. The number of allylic oxidation sites excluding steroid dienone is 1. The van der Waals surface area contributed by atoms with E-state index in [-0.39, 0.29) is 5.97 Å². The zero-order valence-corrected chi connectivity index (χ0v) is 11.1. The summed E-state index contributed by atoms with van der Waals surface area (Å²) < 4.78 is 5.02. The van der Waals surface area contributed by atoms with Crippen LogP contribution in [0.2, 0.25) is 0 Å². The van der Waals surface area contributed by atoms with Gasteiger partial charge < -0.3 is 9.84 Å². The summed E-state index contributed by atoms with van der Waals surface area (Å²) in [7, 11) is 0. The highest BCUT2D eigenvalue weighted by atomic mass is 16.5. The average molecular weight is 254 g/mol. The molecule has 0 aromatic carbocycles. The van der Waals surface area contributed by atoms with Crippen LogP contribution in [-0.2, 0) is 14.3 Å². The van der Waals surface area contributed by atoms with Crippen molar-refractivity contribution in [3.63, 3.8) is 0 Å². The van der Waals surface area contributed by atoms with Crippen LogP contribution in [0.4, 0.5) is 0 Å². The van der Waals surface area contributed by atoms with Gasteiger partial charge in [-0.1, -0.05) is 6.08 Å². The highest BCUT2D eigenvalue weighted by Gasteiger charge is 2.21. The van der Waals surface area contributed by atoms with E-state index >= 15 is 0 Å². The maximum atomic E-state index is 10.7. The molecule has 1 fully saturated rings. The minimum atomic E-state index is -0.835. The van der Waals surface area contributed by atoms with Crippen LogP contribution in [0.1, 0.15) is 46.0 Å². The number of aliphatic carboxylic acids is 1. The Labute approximate surface area is 108 Å². The smallest absolute Gasteiger partial charge is 0.330 e. The van der Waals surface area contributed by atoms with Crippen LogP contribution >= 0.6 is 0 Å². The van der Waals surface area contributed by atoms with Crippen LogP contribution in [0, 0.1) is 11.8 Å². The van der Waals surface area contributed by atoms with E-state index in [0.717, 1.165) is 32.1 Å². The van der Waals surface area contributed by atoms with Crippen molar-refractivity contribution in [2.75, 3.05) is 6.61 Å². The van der Waals surface area contributed by atoms with Gasteiger partial charge in [-0.25, -0.2) is 4.79 Å². The van der Waals surface area contributed by atoms with Crippen LogP contribution in [0.15, 0.2) is 11.6 Å². The second-order valence-corrected chi connectivity index (χ2v) is 5.12. The van der Waals surface area contributed by atoms with E-state index in [9.17, 15) is 9.59 Å². The average Bonchev–Trinajstić information content (AvgIpc) is 2.34. The van der Waals surface area contributed by atoms with E-state index in [4.69, 9.17) is 9.84 Å². The molecule has 0 saturated heterocycles. The summed E-state index contributed by atoms with van der Waals surface area (Å²) in [5.74, 6) is 0.0123. The molecule has 0 heterocycles. The molecule has 0 aromatic heterocycles. The Bertz CT molecular complexity index is 325. The maximum absolute atomic E-state index is 10.7. The molecule has 4 heteroatoms. The fraction of sp³-hybridized carbons (Fsp3) is 0.714.